The second-order valence-corrected chi connectivity index (χ2v) is 7.26. The van der Waals surface area contributed by atoms with Crippen LogP contribution in [-0.2, 0) is 16.1 Å². The summed E-state index contributed by atoms with van der Waals surface area (Å²) >= 11 is 0. The highest BCUT2D eigenvalue weighted by atomic mass is 16.5. The fourth-order valence-electron chi connectivity index (χ4n) is 3.79. The molecule has 27 heavy (non-hydrogen) atoms. The fourth-order valence-corrected chi connectivity index (χ4v) is 3.79. The summed E-state index contributed by atoms with van der Waals surface area (Å²) in [7, 11) is 0. The molecule has 2 aliphatic rings. The van der Waals surface area contributed by atoms with Crippen molar-refractivity contribution in [2.24, 2.45) is 0 Å². The number of carbonyl (C=O) groups is 2. The van der Waals surface area contributed by atoms with Crippen LogP contribution in [0.5, 0.6) is 0 Å². The van der Waals surface area contributed by atoms with Crippen LogP contribution >= 0.6 is 0 Å². The molecule has 2 aromatic heterocycles. The number of likely N-dealkylation sites (tertiary alicyclic amines) is 1. The van der Waals surface area contributed by atoms with Crippen molar-refractivity contribution in [3.8, 4) is 0 Å². The Morgan fingerprint density at radius 2 is 2.04 bits per heavy atom. The molecule has 0 bridgehead atoms. The molecular formula is C20H23N3O4. The van der Waals surface area contributed by atoms with Crippen LogP contribution in [0.4, 0.5) is 0 Å². The van der Waals surface area contributed by atoms with Crippen LogP contribution in [0.25, 0.3) is 0 Å². The molecular weight excluding hydrogens is 346 g/mol. The third-order valence-electron chi connectivity index (χ3n) is 5.33. The normalized spacial score (nSPS) is 19.5. The lowest BCUT2D eigenvalue weighted by molar-refractivity contribution is -0.171. The molecule has 7 nitrogen and oxygen atoms in total. The van der Waals surface area contributed by atoms with Gasteiger partial charge in [-0.1, -0.05) is 6.07 Å². The van der Waals surface area contributed by atoms with Gasteiger partial charge in [-0.05, 0) is 44.0 Å². The topological polar surface area (TPSA) is 75.9 Å². The quantitative estimate of drug-likeness (QED) is 0.827. The lowest BCUT2D eigenvalue weighted by Crippen LogP contribution is -2.59. The zero-order chi connectivity index (χ0) is 18.9. The molecule has 4 heterocycles. The standard InChI is InChI=1S/C20H23N3O4/c1-15-4-2-5-16(21-15)12-23-14-20(27-13-18(23)24)7-9-22(10-8-20)19(25)17-6-3-11-26-17/h2-6,11H,7-10,12-14H2,1H3. The van der Waals surface area contributed by atoms with Gasteiger partial charge in [-0.2, -0.15) is 0 Å². The van der Waals surface area contributed by atoms with E-state index in [1.165, 1.54) is 6.26 Å². The number of hydrogen-bond acceptors (Lipinski definition) is 5. The predicted octanol–water partition coefficient (Wildman–Crippen LogP) is 2.02. The van der Waals surface area contributed by atoms with Crippen LogP contribution in [0.1, 0.15) is 34.8 Å². The van der Waals surface area contributed by atoms with Crippen molar-refractivity contribution in [2.45, 2.75) is 31.9 Å². The minimum Gasteiger partial charge on any atom is -0.459 e. The van der Waals surface area contributed by atoms with E-state index in [9.17, 15) is 9.59 Å². The van der Waals surface area contributed by atoms with Gasteiger partial charge in [0.05, 0.1) is 30.6 Å². The van der Waals surface area contributed by atoms with Crippen LogP contribution in [-0.4, -0.2) is 58.4 Å². The van der Waals surface area contributed by atoms with Gasteiger partial charge in [0.2, 0.25) is 5.91 Å². The summed E-state index contributed by atoms with van der Waals surface area (Å²) in [6.45, 7) is 4.22. The number of furan rings is 1. The monoisotopic (exact) mass is 369 g/mol. The zero-order valence-electron chi connectivity index (χ0n) is 15.4. The molecule has 0 aromatic carbocycles. The Morgan fingerprint density at radius 3 is 2.74 bits per heavy atom. The number of morpholine rings is 1. The van der Waals surface area contributed by atoms with E-state index in [1.54, 1.807) is 17.0 Å². The average molecular weight is 369 g/mol. The third kappa shape index (κ3) is 3.73. The van der Waals surface area contributed by atoms with Crippen molar-refractivity contribution < 1.29 is 18.7 Å². The van der Waals surface area contributed by atoms with Gasteiger partial charge in [-0.3, -0.25) is 14.6 Å². The van der Waals surface area contributed by atoms with Crippen molar-refractivity contribution in [3.63, 3.8) is 0 Å². The van der Waals surface area contributed by atoms with E-state index in [-0.39, 0.29) is 18.4 Å². The Labute approximate surface area is 157 Å². The lowest BCUT2D eigenvalue weighted by Gasteiger charge is -2.46. The molecule has 0 radical (unpaired) electrons. The number of aromatic nitrogens is 1. The number of amides is 2. The molecule has 0 atom stereocenters. The molecule has 4 rings (SSSR count). The first-order chi connectivity index (χ1) is 13.0. The van der Waals surface area contributed by atoms with Gasteiger partial charge in [-0.25, -0.2) is 0 Å². The Bertz CT molecular complexity index is 826. The van der Waals surface area contributed by atoms with Gasteiger partial charge in [0.15, 0.2) is 5.76 Å². The predicted molar refractivity (Wildman–Crippen MR) is 96.9 cm³/mol. The van der Waals surface area contributed by atoms with Crippen molar-refractivity contribution in [1.82, 2.24) is 14.8 Å². The van der Waals surface area contributed by atoms with Gasteiger partial charge < -0.3 is 19.0 Å². The molecule has 2 aromatic rings. The maximum absolute atomic E-state index is 12.4. The van der Waals surface area contributed by atoms with E-state index >= 15 is 0 Å². The summed E-state index contributed by atoms with van der Waals surface area (Å²) in [5, 5.41) is 0. The SMILES string of the molecule is Cc1cccc(CN2CC3(CCN(C(=O)c4ccco4)CC3)OCC2=O)n1. The molecule has 0 unspecified atom stereocenters. The molecule has 0 aliphatic carbocycles. The molecule has 0 N–H and O–H groups in total. The Morgan fingerprint density at radius 1 is 1.22 bits per heavy atom. The first-order valence-electron chi connectivity index (χ1n) is 9.22. The summed E-state index contributed by atoms with van der Waals surface area (Å²) in [6.07, 6.45) is 2.90. The highest BCUT2D eigenvalue weighted by Crippen LogP contribution is 2.31. The average Bonchev–Trinajstić information content (AvgIpc) is 3.20. The molecule has 2 amide bonds. The Hall–Kier alpha value is -2.67. The summed E-state index contributed by atoms with van der Waals surface area (Å²) in [5.74, 6) is 0.249. The summed E-state index contributed by atoms with van der Waals surface area (Å²) < 4.78 is 11.2. The number of piperidine rings is 1. The van der Waals surface area contributed by atoms with Crippen molar-refractivity contribution in [3.05, 3.63) is 53.7 Å². The first kappa shape index (κ1) is 17.7. The van der Waals surface area contributed by atoms with E-state index in [2.05, 4.69) is 4.98 Å². The summed E-state index contributed by atoms with van der Waals surface area (Å²) in [4.78, 5) is 32.9. The number of carbonyl (C=O) groups excluding carboxylic acids is 2. The second kappa shape index (κ2) is 7.15. The van der Waals surface area contributed by atoms with Crippen LogP contribution in [0.2, 0.25) is 0 Å². The Balaban J connectivity index is 1.40. The van der Waals surface area contributed by atoms with Crippen LogP contribution in [0.15, 0.2) is 41.0 Å². The van der Waals surface area contributed by atoms with Crippen molar-refractivity contribution >= 4 is 11.8 Å². The van der Waals surface area contributed by atoms with E-state index in [1.807, 2.05) is 30.0 Å². The van der Waals surface area contributed by atoms with Gasteiger partial charge in [0.25, 0.3) is 5.91 Å². The smallest absolute Gasteiger partial charge is 0.289 e. The molecule has 142 valence electrons. The van der Waals surface area contributed by atoms with Crippen molar-refractivity contribution in [2.75, 3.05) is 26.2 Å². The number of nitrogens with zero attached hydrogens (tertiary/aromatic N) is 3. The van der Waals surface area contributed by atoms with E-state index in [0.717, 1.165) is 11.4 Å². The number of pyridine rings is 1. The maximum Gasteiger partial charge on any atom is 0.289 e. The Kier molecular flexibility index (Phi) is 4.70. The highest BCUT2D eigenvalue weighted by Gasteiger charge is 2.43. The minimum atomic E-state index is -0.391. The summed E-state index contributed by atoms with van der Waals surface area (Å²) in [6, 6.07) is 9.23. The van der Waals surface area contributed by atoms with Gasteiger partial charge in [0, 0.05) is 18.8 Å². The zero-order valence-corrected chi connectivity index (χ0v) is 15.4. The van der Waals surface area contributed by atoms with Gasteiger partial charge >= 0.3 is 0 Å². The molecule has 2 aliphatic heterocycles. The van der Waals surface area contributed by atoms with Gasteiger partial charge in [-0.15, -0.1) is 0 Å². The van der Waals surface area contributed by atoms with Crippen LogP contribution in [0, 0.1) is 6.92 Å². The largest absolute Gasteiger partial charge is 0.459 e. The molecule has 0 saturated carbocycles. The molecule has 2 fully saturated rings. The number of rotatable bonds is 3. The third-order valence-corrected chi connectivity index (χ3v) is 5.33. The maximum atomic E-state index is 12.4. The number of ether oxygens (including phenoxy) is 1. The van der Waals surface area contributed by atoms with E-state index in [4.69, 9.17) is 9.15 Å². The highest BCUT2D eigenvalue weighted by molar-refractivity contribution is 5.91. The van der Waals surface area contributed by atoms with Crippen LogP contribution in [0.3, 0.4) is 0 Å². The molecule has 7 heteroatoms. The van der Waals surface area contributed by atoms with E-state index in [0.29, 0.717) is 44.8 Å². The molecule has 1 spiro atoms. The van der Waals surface area contributed by atoms with E-state index < -0.39 is 5.60 Å². The van der Waals surface area contributed by atoms with Crippen molar-refractivity contribution in [1.29, 1.82) is 0 Å². The molecule has 2 saturated heterocycles. The first-order valence-corrected chi connectivity index (χ1v) is 9.22. The summed E-state index contributed by atoms with van der Waals surface area (Å²) in [5.41, 5.74) is 1.43. The number of aryl methyl sites for hydroxylation is 1. The van der Waals surface area contributed by atoms with Gasteiger partial charge in [0.1, 0.15) is 6.61 Å². The number of hydrogen-bond donors (Lipinski definition) is 0. The van der Waals surface area contributed by atoms with Crippen LogP contribution < -0.4 is 0 Å². The minimum absolute atomic E-state index is 0.0157. The second-order valence-electron chi connectivity index (χ2n) is 7.26. The lowest BCUT2D eigenvalue weighted by atomic mass is 9.89. The fraction of sp³-hybridized carbons (Fsp3) is 0.450.